The fourth-order valence-electron chi connectivity index (χ4n) is 7.08. The van der Waals surface area contributed by atoms with E-state index in [1.165, 1.54) is 41.7 Å². The second-order valence-electron chi connectivity index (χ2n) is 11.9. The molecule has 5 nitrogen and oxygen atoms in total. The van der Waals surface area contributed by atoms with Gasteiger partial charge in [0.2, 0.25) is 0 Å². The zero-order valence-electron chi connectivity index (χ0n) is 25.6. The molecule has 0 unspecified atom stereocenters. The monoisotopic (exact) mass is 631 g/mol. The summed E-state index contributed by atoms with van der Waals surface area (Å²) in [6.07, 6.45) is 5.60. The van der Waals surface area contributed by atoms with Crippen molar-refractivity contribution in [3.8, 4) is 39.7 Å². The van der Waals surface area contributed by atoms with Crippen molar-refractivity contribution < 1.29 is 0 Å². The third kappa shape index (κ3) is 4.03. The minimum Gasteiger partial charge on any atom is -0.305 e. The number of hydrogen-bond donors (Lipinski definition) is 0. The van der Waals surface area contributed by atoms with Gasteiger partial charge in [0, 0.05) is 70.8 Å². The van der Waals surface area contributed by atoms with Gasteiger partial charge in [0.15, 0.2) is 11.6 Å². The zero-order valence-corrected chi connectivity index (χ0v) is 26.4. The first-order valence-corrected chi connectivity index (χ1v) is 16.7. The van der Waals surface area contributed by atoms with Gasteiger partial charge in [-0.15, -0.1) is 11.3 Å². The smallest absolute Gasteiger partial charge is 0.159 e. The number of fused-ring (bicyclic) bond motifs is 10. The molecule has 0 aliphatic heterocycles. The Balaban J connectivity index is 1.38. The van der Waals surface area contributed by atoms with E-state index in [9.17, 15) is 0 Å². The topological polar surface area (TPSA) is 56.5 Å². The van der Waals surface area contributed by atoms with E-state index >= 15 is 0 Å². The first-order valence-electron chi connectivity index (χ1n) is 15.9. The van der Waals surface area contributed by atoms with Gasteiger partial charge in [0.25, 0.3) is 0 Å². The predicted octanol–water partition coefficient (Wildman–Crippen LogP) is 10.9. The normalized spacial score (nSPS) is 11.8. The highest BCUT2D eigenvalue weighted by Gasteiger charge is 2.24. The summed E-state index contributed by atoms with van der Waals surface area (Å²) in [5, 5.41) is 7.29. The number of nitrogens with zero attached hydrogens (tertiary/aromatic N) is 5. The highest BCUT2D eigenvalue weighted by Crippen LogP contribution is 2.49. The van der Waals surface area contributed by atoms with E-state index in [1.54, 1.807) is 12.4 Å². The Morgan fingerprint density at radius 1 is 0.500 bits per heavy atom. The van der Waals surface area contributed by atoms with Gasteiger partial charge in [-0.3, -0.25) is 0 Å². The van der Waals surface area contributed by atoms with E-state index in [2.05, 4.69) is 118 Å². The molecule has 6 heteroatoms. The number of thiophene rings is 1. The minimum atomic E-state index is 0.700. The maximum Gasteiger partial charge on any atom is 0.159 e. The molecule has 0 fully saturated rings. The van der Waals surface area contributed by atoms with Crippen molar-refractivity contribution in [2.24, 2.45) is 0 Å². The summed E-state index contributed by atoms with van der Waals surface area (Å²) in [7, 11) is 0. The SMILES string of the molecule is c1ccc(-c2ncc(-n3c4ccccc4c4c5c6cc(-c7ncccn7)ccc6sc5c5ccccc5c43)c(-c3ccccc3)n2)cc1. The quantitative estimate of drug-likeness (QED) is 0.194. The summed E-state index contributed by atoms with van der Waals surface area (Å²) in [5.74, 6) is 1.42. The molecular formula is C42H25N5S. The molecule has 0 N–H and O–H groups in total. The van der Waals surface area contributed by atoms with Crippen molar-refractivity contribution in [2.75, 3.05) is 0 Å². The van der Waals surface area contributed by atoms with Gasteiger partial charge in [-0.05, 0) is 30.3 Å². The molecule has 0 spiro atoms. The zero-order chi connectivity index (χ0) is 31.6. The summed E-state index contributed by atoms with van der Waals surface area (Å²) < 4.78 is 4.90. The predicted molar refractivity (Wildman–Crippen MR) is 199 cm³/mol. The fraction of sp³-hybridized carbons (Fsp3) is 0. The van der Waals surface area contributed by atoms with Gasteiger partial charge in [0.1, 0.15) is 0 Å². The number of benzene rings is 6. The molecular weight excluding hydrogens is 607 g/mol. The molecule has 10 aromatic rings. The average Bonchev–Trinajstić information content (AvgIpc) is 3.72. The number of rotatable bonds is 4. The Morgan fingerprint density at radius 2 is 1.19 bits per heavy atom. The summed E-state index contributed by atoms with van der Waals surface area (Å²) in [6, 6.07) is 46.6. The molecule has 0 radical (unpaired) electrons. The van der Waals surface area contributed by atoms with Crippen LogP contribution in [0.3, 0.4) is 0 Å². The van der Waals surface area contributed by atoms with E-state index in [-0.39, 0.29) is 0 Å². The number of para-hydroxylation sites is 1. The molecule has 6 aromatic carbocycles. The van der Waals surface area contributed by atoms with E-state index in [0.717, 1.165) is 44.9 Å². The largest absolute Gasteiger partial charge is 0.305 e. The van der Waals surface area contributed by atoms with Gasteiger partial charge in [-0.2, -0.15) is 0 Å². The van der Waals surface area contributed by atoms with Crippen molar-refractivity contribution in [3.63, 3.8) is 0 Å². The molecule has 224 valence electrons. The Kier molecular flexibility index (Phi) is 5.98. The molecule has 0 saturated heterocycles. The van der Waals surface area contributed by atoms with Crippen LogP contribution in [-0.4, -0.2) is 24.5 Å². The van der Waals surface area contributed by atoms with Crippen molar-refractivity contribution in [1.82, 2.24) is 24.5 Å². The molecule has 4 heterocycles. The standard InChI is InChI=1S/C42H25N5S/c1-3-12-26(13-4-1)38-34(25-45-42(46-38)27-14-5-2-6-15-27)47-33-19-10-9-18-31(33)36-37-32-24-28(41-43-22-11-23-44-41)20-21-35(32)48-40(37)30-17-8-7-16-29(30)39(36)47/h1-25H. The van der Waals surface area contributed by atoms with E-state index in [0.29, 0.717) is 5.82 Å². The first kappa shape index (κ1) is 26.9. The molecule has 0 amide bonds. The summed E-state index contributed by atoms with van der Waals surface area (Å²) in [5.41, 5.74) is 7.11. The van der Waals surface area contributed by atoms with Gasteiger partial charge < -0.3 is 4.57 Å². The fourth-order valence-corrected chi connectivity index (χ4v) is 8.31. The third-order valence-corrected chi connectivity index (χ3v) is 10.4. The maximum atomic E-state index is 5.27. The Morgan fingerprint density at radius 3 is 1.98 bits per heavy atom. The minimum absolute atomic E-state index is 0.700. The van der Waals surface area contributed by atoms with E-state index < -0.39 is 0 Å². The van der Waals surface area contributed by atoms with Gasteiger partial charge in [-0.25, -0.2) is 19.9 Å². The molecule has 0 saturated carbocycles. The van der Waals surface area contributed by atoms with Gasteiger partial charge in [-0.1, -0.05) is 103 Å². The van der Waals surface area contributed by atoms with E-state index in [1.807, 2.05) is 47.9 Å². The van der Waals surface area contributed by atoms with Crippen LogP contribution in [0.1, 0.15) is 0 Å². The van der Waals surface area contributed by atoms with Crippen LogP contribution in [0.4, 0.5) is 0 Å². The Hall–Kier alpha value is -6.24. The third-order valence-electron chi connectivity index (χ3n) is 9.15. The van der Waals surface area contributed by atoms with Crippen molar-refractivity contribution in [2.45, 2.75) is 0 Å². The Bertz CT molecular complexity index is 2820. The molecule has 10 rings (SSSR count). The average molecular weight is 632 g/mol. The van der Waals surface area contributed by atoms with Crippen LogP contribution in [0.25, 0.3) is 92.5 Å². The second kappa shape index (κ2) is 10.7. The van der Waals surface area contributed by atoms with Crippen molar-refractivity contribution in [1.29, 1.82) is 0 Å². The lowest BCUT2D eigenvalue weighted by Gasteiger charge is -2.15. The molecule has 0 aliphatic carbocycles. The lowest BCUT2D eigenvalue weighted by Crippen LogP contribution is -2.03. The molecule has 0 atom stereocenters. The van der Waals surface area contributed by atoms with Gasteiger partial charge >= 0.3 is 0 Å². The second-order valence-corrected chi connectivity index (χ2v) is 12.9. The van der Waals surface area contributed by atoms with Crippen LogP contribution >= 0.6 is 11.3 Å². The number of aromatic nitrogens is 5. The van der Waals surface area contributed by atoms with Crippen LogP contribution in [0.2, 0.25) is 0 Å². The van der Waals surface area contributed by atoms with Crippen LogP contribution in [0.15, 0.2) is 152 Å². The summed E-state index contributed by atoms with van der Waals surface area (Å²) >= 11 is 1.85. The highest BCUT2D eigenvalue weighted by atomic mass is 32.1. The van der Waals surface area contributed by atoms with Crippen LogP contribution in [0.5, 0.6) is 0 Å². The van der Waals surface area contributed by atoms with Gasteiger partial charge in [0.05, 0.1) is 28.6 Å². The molecule has 4 aromatic heterocycles. The number of hydrogen-bond acceptors (Lipinski definition) is 5. The summed E-state index contributed by atoms with van der Waals surface area (Å²) in [4.78, 5) is 19.4. The maximum absolute atomic E-state index is 5.27. The van der Waals surface area contributed by atoms with Crippen LogP contribution < -0.4 is 0 Å². The van der Waals surface area contributed by atoms with Crippen LogP contribution in [0, 0.1) is 0 Å². The lowest BCUT2D eigenvalue weighted by atomic mass is 9.99. The molecule has 0 bridgehead atoms. The highest BCUT2D eigenvalue weighted by molar-refractivity contribution is 7.27. The summed E-state index contributed by atoms with van der Waals surface area (Å²) in [6.45, 7) is 0. The van der Waals surface area contributed by atoms with Crippen LogP contribution in [-0.2, 0) is 0 Å². The van der Waals surface area contributed by atoms with Crippen molar-refractivity contribution in [3.05, 3.63) is 152 Å². The van der Waals surface area contributed by atoms with E-state index in [4.69, 9.17) is 9.97 Å². The lowest BCUT2D eigenvalue weighted by molar-refractivity contribution is 1.09. The van der Waals surface area contributed by atoms with Crippen molar-refractivity contribution >= 4 is 64.1 Å². The molecule has 48 heavy (non-hydrogen) atoms. The first-order chi connectivity index (χ1) is 23.8. The molecule has 0 aliphatic rings. The Labute approximate surface area is 279 Å².